The molecule has 1 saturated heterocycles. The fourth-order valence-corrected chi connectivity index (χ4v) is 1.68. The summed E-state index contributed by atoms with van der Waals surface area (Å²) in [6.07, 6.45) is 2.64. The Morgan fingerprint density at radius 1 is 1.56 bits per heavy atom. The molecule has 1 aliphatic rings. The molecular weight excluding hydrogens is 238 g/mol. The zero-order chi connectivity index (χ0) is 12.8. The predicted octanol–water partition coefficient (Wildman–Crippen LogP) is -0.320. The standard InChI is InChI=1S/C11H15N3O4/c15-11(16)9-4-13-7-14-10(9)5-12-3-8-6-17-1-2-18-8/h4,7-8,12H,1-3,5-6H2,(H,15,16). The van der Waals surface area contributed by atoms with E-state index in [1.54, 1.807) is 0 Å². The van der Waals surface area contributed by atoms with Gasteiger partial charge in [0.25, 0.3) is 0 Å². The molecule has 7 nitrogen and oxygen atoms in total. The van der Waals surface area contributed by atoms with Gasteiger partial charge in [-0.3, -0.25) is 0 Å². The van der Waals surface area contributed by atoms with E-state index in [4.69, 9.17) is 14.6 Å². The number of aromatic carboxylic acids is 1. The van der Waals surface area contributed by atoms with E-state index in [0.29, 0.717) is 38.6 Å². The third-order valence-electron chi connectivity index (χ3n) is 2.57. The van der Waals surface area contributed by atoms with Gasteiger partial charge in [0.2, 0.25) is 0 Å². The molecule has 0 spiro atoms. The van der Waals surface area contributed by atoms with Crippen LogP contribution in [0.15, 0.2) is 12.5 Å². The zero-order valence-electron chi connectivity index (χ0n) is 9.83. The Hall–Kier alpha value is -1.57. The van der Waals surface area contributed by atoms with Crippen molar-refractivity contribution in [3.05, 3.63) is 23.8 Å². The Balaban J connectivity index is 1.84. The maximum absolute atomic E-state index is 10.9. The van der Waals surface area contributed by atoms with E-state index in [9.17, 15) is 4.79 Å². The molecule has 0 saturated carbocycles. The fourth-order valence-electron chi connectivity index (χ4n) is 1.68. The number of hydrogen-bond acceptors (Lipinski definition) is 6. The summed E-state index contributed by atoms with van der Waals surface area (Å²) in [6, 6.07) is 0. The lowest BCUT2D eigenvalue weighted by molar-refractivity contribution is -0.0864. The van der Waals surface area contributed by atoms with Crippen LogP contribution < -0.4 is 5.32 Å². The second kappa shape index (κ2) is 6.39. The van der Waals surface area contributed by atoms with Crippen molar-refractivity contribution in [2.45, 2.75) is 12.6 Å². The molecule has 1 aromatic heterocycles. The van der Waals surface area contributed by atoms with Crippen molar-refractivity contribution in [3.8, 4) is 0 Å². The van der Waals surface area contributed by atoms with Crippen LogP contribution in [0.4, 0.5) is 0 Å². The molecule has 0 radical (unpaired) electrons. The van der Waals surface area contributed by atoms with Crippen LogP contribution in [0.1, 0.15) is 16.1 Å². The van der Waals surface area contributed by atoms with Crippen LogP contribution in [0.3, 0.4) is 0 Å². The normalized spacial score (nSPS) is 19.7. The lowest BCUT2D eigenvalue weighted by Crippen LogP contribution is -2.37. The molecule has 2 N–H and O–H groups in total. The number of ether oxygens (including phenoxy) is 2. The average Bonchev–Trinajstić information content (AvgIpc) is 2.40. The highest BCUT2D eigenvalue weighted by Gasteiger charge is 2.15. The molecule has 0 bridgehead atoms. The van der Waals surface area contributed by atoms with Crippen LogP contribution in [0.2, 0.25) is 0 Å². The van der Waals surface area contributed by atoms with Gasteiger partial charge in [-0.05, 0) is 0 Å². The second-order valence-electron chi connectivity index (χ2n) is 3.89. The maximum atomic E-state index is 10.9. The van der Waals surface area contributed by atoms with Gasteiger partial charge in [-0.1, -0.05) is 0 Å². The van der Waals surface area contributed by atoms with Gasteiger partial charge in [-0.2, -0.15) is 0 Å². The van der Waals surface area contributed by atoms with Crippen molar-refractivity contribution in [1.29, 1.82) is 0 Å². The molecule has 0 amide bonds. The molecule has 0 aliphatic carbocycles. The lowest BCUT2D eigenvalue weighted by atomic mass is 10.2. The summed E-state index contributed by atoms with van der Waals surface area (Å²) in [5, 5.41) is 12.1. The van der Waals surface area contributed by atoms with Gasteiger partial charge in [0, 0.05) is 19.3 Å². The number of carboxylic acids is 1. The van der Waals surface area contributed by atoms with E-state index in [1.807, 2.05) is 0 Å². The van der Waals surface area contributed by atoms with Gasteiger partial charge in [0.15, 0.2) is 0 Å². The highest BCUT2D eigenvalue weighted by atomic mass is 16.6. The van der Waals surface area contributed by atoms with Gasteiger partial charge >= 0.3 is 5.97 Å². The summed E-state index contributed by atoms with van der Waals surface area (Å²) >= 11 is 0. The summed E-state index contributed by atoms with van der Waals surface area (Å²) in [5.74, 6) is -1.02. The fraction of sp³-hybridized carbons (Fsp3) is 0.545. The van der Waals surface area contributed by atoms with Crippen LogP contribution in [-0.2, 0) is 16.0 Å². The molecular formula is C11H15N3O4. The summed E-state index contributed by atoms with van der Waals surface area (Å²) < 4.78 is 10.7. The van der Waals surface area contributed by atoms with Gasteiger partial charge in [-0.25, -0.2) is 14.8 Å². The van der Waals surface area contributed by atoms with E-state index >= 15 is 0 Å². The van der Waals surface area contributed by atoms with Gasteiger partial charge in [-0.15, -0.1) is 0 Å². The molecule has 1 fully saturated rings. The molecule has 1 aliphatic heterocycles. The first kappa shape index (κ1) is 12.9. The first-order chi connectivity index (χ1) is 8.77. The van der Waals surface area contributed by atoms with Crippen molar-refractivity contribution in [2.75, 3.05) is 26.4 Å². The van der Waals surface area contributed by atoms with E-state index in [0.717, 1.165) is 0 Å². The maximum Gasteiger partial charge on any atom is 0.339 e. The van der Waals surface area contributed by atoms with Crippen LogP contribution in [-0.4, -0.2) is 53.5 Å². The van der Waals surface area contributed by atoms with E-state index < -0.39 is 5.97 Å². The smallest absolute Gasteiger partial charge is 0.339 e. The van der Waals surface area contributed by atoms with Crippen LogP contribution in [0, 0.1) is 0 Å². The Bertz CT molecular complexity index is 407. The van der Waals surface area contributed by atoms with Crippen molar-refractivity contribution >= 4 is 5.97 Å². The number of aromatic nitrogens is 2. The van der Waals surface area contributed by atoms with E-state index in [-0.39, 0.29) is 11.7 Å². The second-order valence-corrected chi connectivity index (χ2v) is 3.89. The third kappa shape index (κ3) is 3.46. The summed E-state index contributed by atoms with van der Waals surface area (Å²) in [4.78, 5) is 18.6. The van der Waals surface area contributed by atoms with Crippen LogP contribution in [0.5, 0.6) is 0 Å². The quantitative estimate of drug-likeness (QED) is 0.742. The lowest BCUT2D eigenvalue weighted by Gasteiger charge is -2.23. The molecule has 0 aromatic carbocycles. The summed E-state index contributed by atoms with van der Waals surface area (Å²) in [7, 11) is 0. The Morgan fingerprint density at radius 3 is 3.17 bits per heavy atom. The van der Waals surface area contributed by atoms with Gasteiger partial charge < -0.3 is 19.9 Å². The number of rotatable bonds is 5. The minimum atomic E-state index is -1.02. The number of nitrogens with zero attached hydrogens (tertiary/aromatic N) is 2. The SMILES string of the molecule is O=C(O)c1cncnc1CNCC1COCCO1. The molecule has 1 aromatic rings. The topological polar surface area (TPSA) is 93.6 Å². The number of carbonyl (C=O) groups is 1. The number of carboxylic acid groups (broad SMARTS) is 1. The van der Waals surface area contributed by atoms with Crippen molar-refractivity contribution in [2.24, 2.45) is 0 Å². The molecule has 2 heterocycles. The van der Waals surface area contributed by atoms with Crippen molar-refractivity contribution < 1.29 is 19.4 Å². The van der Waals surface area contributed by atoms with Gasteiger partial charge in [0.05, 0.1) is 31.6 Å². The van der Waals surface area contributed by atoms with Crippen LogP contribution >= 0.6 is 0 Å². The Kier molecular flexibility index (Phi) is 4.57. The van der Waals surface area contributed by atoms with Gasteiger partial charge in [0.1, 0.15) is 11.9 Å². The van der Waals surface area contributed by atoms with Crippen molar-refractivity contribution in [3.63, 3.8) is 0 Å². The summed E-state index contributed by atoms with van der Waals surface area (Å²) in [6.45, 7) is 2.75. The average molecular weight is 253 g/mol. The molecule has 7 heteroatoms. The Morgan fingerprint density at radius 2 is 2.44 bits per heavy atom. The van der Waals surface area contributed by atoms with Crippen molar-refractivity contribution in [1.82, 2.24) is 15.3 Å². The highest BCUT2D eigenvalue weighted by molar-refractivity contribution is 5.88. The Labute approximate surface area is 104 Å². The van der Waals surface area contributed by atoms with Crippen LogP contribution in [0.25, 0.3) is 0 Å². The molecule has 98 valence electrons. The summed E-state index contributed by atoms with van der Waals surface area (Å²) in [5.41, 5.74) is 0.583. The van der Waals surface area contributed by atoms with E-state index in [1.165, 1.54) is 12.5 Å². The first-order valence-electron chi connectivity index (χ1n) is 5.69. The number of nitrogens with one attached hydrogen (secondary N) is 1. The highest BCUT2D eigenvalue weighted by Crippen LogP contribution is 2.04. The predicted molar refractivity (Wildman–Crippen MR) is 61.3 cm³/mol. The largest absolute Gasteiger partial charge is 0.478 e. The molecule has 18 heavy (non-hydrogen) atoms. The third-order valence-corrected chi connectivity index (χ3v) is 2.57. The molecule has 2 rings (SSSR count). The monoisotopic (exact) mass is 253 g/mol. The first-order valence-corrected chi connectivity index (χ1v) is 5.69. The molecule has 1 unspecified atom stereocenters. The van der Waals surface area contributed by atoms with E-state index in [2.05, 4.69) is 15.3 Å². The molecule has 1 atom stereocenters. The zero-order valence-corrected chi connectivity index (χ0v) is 9.83. The minimum absolute atomic E-state index is 0.00821. The number of hydrogen-bond donors (Lipinski definition) is 2. The minimum Gasteiger partial charge on any atom is -0.478 e.